The summed E-state index contributed by atoms with van der Waals surface area (Å²) < 4.78 is 2.24. The van der Waals surface area contributed by atoms with Crippen molar-refractivity contribution < 1.29 is 0 Å². The SMILES string of the molecule is CC(c1nc2ccccc2n1C)N1CCCC(CCN)C1. The molecule has 0 spiro atoms. The molecule has 1 saturated heterocycles. The highest BCUT2D eigenvalue weighted by molar-refractivity contribution is 5.75. The van der Waals surface area contributed by atoms with Crippen LogP contribution in [-0.2, 0) is 7.05 Å². The molecule has 2 N–H and O–H groups in total. The van der Waals surface area contributed by atoms with Gasteiger partial charge in [-0.05, 0) is 57.3 Å². The van der Waals surface area contributed by atoms with Gasteiger partial charge in [-0.15, -0.1) is 0 Å². The number of aromatic nitrogens is 2. The van der Waals surface area contributed by atoms with Crippen molar-refractivity contribution in [3.05, 3.63) is 30.1 Å². The topological polar surface area (TPSA) is 47.1 Å². The van der Waals surface area contributed by atoms with Crippen LogP contribution in [0.5, 0.6) is 0 Å². The lowest BCUT2D eigenvalue weighted by atomic mass is 9.94. The van der Waals surface area contributed by atoms with Crippen LogP contribution in [0.4, 0.5) is 0 Å². The van der Waals surface area contributed by atoms with Gasteiger partial charge in [-0.1, -0.05) is 12.1 Å². The van der Waals surface area contributed by atoms with Crippen LogP contribution in [0.1, 0.15) is 38.1 Å². The lowest BCUT2D eigenvalue weighted by molar-refractivity contribution is 0.122. The molecule has 0 amide bonds. The van der Waals surface area contributed by atoms with Crippen molar-refractivity contribution in [1.29, 1.82) is 0 Å². The summed E-state index contributed by atoms with van der Waals surface area (Å²) in [5, 5.41) is 0. The summed E-state index contributed by atoms with van der Waals surface area (Å²) >= 11 is 0. The third-order valence-corrected chi connectivity index (χ3v) is 4.87. The highest BCUT2D eigenvalue weighted by Crippen LogP contribution is 2.28. The molecule has 1 aromatic heterocycles. The van der Waals surface area contributed by atoms with Crippen molar-refractivity contribution >= 4 is 11.0 Å². The summed E-state index contributed by atoms with van der Waals surface area (Å²) in [6.07, 6.45) is 3.74. The first-order valence-electron chi connectivity index (χ1n) is 8.06. The molecule has 2 heterocycles. The molecule has 2 unspecified atom stereocenters. The van der Waals surface area contributed by atoms with E-state index < -0.39 is 0 Å². The molecule has 3 rings (SSSR count). The average Bonchev–Trinajstić information content (AvgIpc) is 2.85. The minimum atomic E-state index is 0.364. The molecule has 0 aliphatic carbocycles. The van der Waals surface area contributed by atoms with Gasteiger partial charge in [0, 0.05) is 13.6 Å². The van der Waals surface area contributed by atoms with Gasteiger partial charge in [-0.25, -0.2) is 4.98 Å². The van der Waals surface area contributed by atoms with Crippen molar-refractivity contribution in [3.8, 4) is 0 Å². The number of piperidine rings is 1. The van der Waals surface area contributed by atoms with Gasteiger partial charge in [-0.3, -0.25) is 4.90 Å². The normalized spacial score (nSPS) is 21.8. The van der Waals surface area contributed by atoms with Gasteiger partial charge >= 0.3 is 0 Å². The van der Waals surface area contributed by atoms with Gasteiger partial charge < -0.3 is 10.3 Å². The number of rotatable bonds is 4. The number of fused-ring (bicyclic) bond motifs is 1. The molecule has 21 heavy (non-hydrogen) atoms. The summed E-state index contributed by atoms with van der Waals surface area (Å²) in [7, 11) is 2.13. The third-order valence-electron chi connectivity index (χ3n) is 4.87. The monoisotopic (exact) mass is 286 g/mol. The van der Waals surface area contributed by atoms with Crippen LogP contribution < -0.4 is 5.73 Å². The second-order valence-corrected chi connectivity index (χ2v) is 6.27. The Morgan fingerprint density at radius 2 is 2.19 bits per heavy atom. The van der Waals surface area contributed by atoms with Crippen LogP contribution in [0.3, 0.4) is 0 Å². The molecule has 114 valence electrons. The maximum atomic E-state index is 5.73. The highest BCUT2D eigenvalue weighted by Gasteiger charge is 2.26. The Bertz CT molecular complexity index is 602. The maximum absolute atomic E-state index is 5.73. The Morgan fingerprint density at radius 3 is 2.95 bits per heavy atom. The molecule has 0 radical (unpaired) electrons. The average molecular weight is 286 g/mol. The fraction of sp³-hybridized carbons (Fsp3) is 0.588. The number of imidazole rings is 1. The summed E-state index contributed by atoms with van der Waals surface area (Å²) in [4.78, 5) is 7.43. The van der Waals surface area contributed by atoms with Crippen LogP contribution >= 0.6 is 0 Å². The predicted octanol–water partition coefficient (Wildman–Crippen LogP) is 2.70. The molecule has 2 atom stereocenters. The van der Waals surface area contributed by atoms with Gasteiger partial charge in [0.25, 0.3) is 0 Å². The second kappa shape index (κ2) is 6.16. The lowest BCUT2D eigenvalue weighted by Gasteiger charge is -2.36. The molecule has 0 saturated carbocycles. The molecule has 4 heteroatoms. The minimum absolute atomic E-state index is 0.364. The molecule has 1 aliphatic rings. The minimum Gasteiger partial charge on any atom is -0.330 e. The quantitative estimate of drug-likeness (QED) is 0.940. The number of hydrogen-bond donors (Lipinski definition) is 1. The Balaban J connectivity index is 1.82. The molecular weight excluding hydrogens is 260 g/mol. The Hall–Kier alpha value is -1.39. The summed E-state index contributed by atoms with van der Waals surface area (Å²) in [5.74, 6) is 1.92. The maximum Gasteiger partial charge on any atom is 0.126 e. The zero-order valence-corrected chi connectivity index (χ0v) is 13.1. The van der Waals surface area contributed by atoms with Gasteiger partial charge in [0.1, 0.15) is 5.82 Å². The number of nitrogens with zero attached hydrogens (tertiary/aromatic N) is 3. The summed E-state index contributed by atoms with van der Waals surface area (Å²) in [5.41, 5.74) is 8.04. The van der Waals surface area contributed by atoms with Gasteiger partial charge in [-0.2, -0.15) is 0 Å². The van der Waals surface area contributed by atoms with Crippen LogP contribution in [0.2, 0.25) is 0 Å². The number of para-hydroxylation sites is 2. The number of hydrogen-bond acceptors (Lipinski definition) is 3. The Morgan fingerprint density at radius 1 is 1.38 bits per heavy atom. The van der Waals surface area contributed by atoms with Crippen molar-refractivity contribution in [2.24, 2.45) is 18.7 Å². The number of aryl methyl sites for hydroxylation is 1. The van der Waals surface area contributed by atoms with E-state index in [0.29, 0.717) is 6.04 Å². The van der Waals surface area contributed by atoms with E-state index in [2.05, 4.69) is 47.7 Å². The molecule has 0 bridgehead atoms. The van der Waals surface area contributed by atoms with E-state index in [9.17, 15) is 0 Å². The fourth-order valence-electron chi connectivity index (χ4n) is 3.62. The van der Waals surface area contributed by atoms with E-state index in [1.807, 2.05) is 0 Å². The van der Waals surface area contributed by atoms with E-state index in [4.69, 9.17) is 10.7 Å². The fourth-order valence-corrected chi connectivity index (χ4v) is 3.62. The third kappa shape index (κ3) is 2.83. The van der Waals surface area contributed by atoms with Gasteiger partial charge in [0.05, 0.1) is 17.1 Å². The Labute approximate surface area is 126 Å². The van der Waals surface area contributed by atoms with E-state index in [1.165, 1.54) is 30.7 Å². The van der Waals surface area contributed by atoms with Crippen molar-refractivity contribution in [3.63, 3.8) is 0 Å². The lowest BCUT2D eigenvalue weighted by Crippen LogP contribution is -2.38. The standard InChI is InChI=1S/C17H26N4/c1-13(21-11-5-6-14(12-21)9-10-18)17-19-15-7-3-4-8-16(15)20(17)2/h3-4,7-8,13-14H,5-6,9-12,18H2,1-2H3. The first-order valence-corrected chi connectivity index (χ1v) is 8.06. The van der Waals surface area contributed by atoms with Gasteiger partial charge in [0.15, 0.2) is 0 Å². The largest absolute Gasteiger partial charge is 0.330 e. The van der Waals surface area contributed by atoms with Crippen LogP contribution in [-0.4, -0.2) is 34.1 Å². The zero-order valence-electron chi connectivity index (χ0n) is 13.1. The number of likely N-dealkylation sites (tertiary alicyclic amines) is 1. The molecule has 4 nitrogen and oxygen atoms in total. The van der Waals surface area contributed by atoms with E-state index in [-0.39, 0.29) is 0 Å². The number of nitrogens with two attached hydrogens (primary N) is 1. The summed E-state index contributed by atoms with van der Waals surface area (Å²) in [6, 6.07) is 8.74. The first kappa shape index (κ1) is 14.5. The van der Waals surface area contributed by atoms with Crippen LogP contribution in [0, 0.1) is 5.92 Å². The molecule has 1 aliphatic heterocycles. The molecule has 1 aromatic carbocycles. The molecule has 2 aromatic rings. The molecule has 1 fully saturated rings. The van der Waals surface area contributed by atoms with E-state index in [0.717, 1.165) is 30.9 Å². The zero-order chi connectivity index (χ0) is 14.8. The van der Waals surface area contributed by atoms with Crippen molar-refractivity contribution in [1.82, 2.24) is 14.5 Å². The first-order chi connectivity index (χ1) is 10.2. The van der Waals surface area contributed by atoms with Crippen LogP contribution in [0.25, 0.3) is 11.0 Å². The molecular formula is C17H26N4. The van der Waals surface area contributed by atoms with E-state index >= 15 is 0 Å². The summed E-state index contributed by atoms with van der Waals surface area (Å²) in [6.45, 7) is 5.41. The van der Waals surface area contributed by atoms with E-state index in [1.54, 1.807) is 0 Å². The van der Waals surface area contributed by atoms with Crippen molar-refractivity contribution in [2.75, 3.05) is 19.6 Å². The number of benzene rings is 1. The smallest absolute Gasteiger partial charge is 0.126 e. The second-order valence-electron chi connectivity index (χ2n) is 6.27. The van der Waals surface area contributed by atoms with Crippen LogP contribution in [0.15, 0.2) is 24.3 Å². The Kier molecular flexibility index (Phi) is 4.27. The predicted molar refractivity (Wildman–Crippen MR) is 87.1 cm³/mol. The van der Waals surface area contributed by atoms with Gasteiger partial charge in [0.2, 0.25) is 0 Å². The van der Waals surface area contributed by atoms with Crippen molar-refractivity contribution in [2.45, 2.75) is 32.2 Å². The highest BCUT2D eigenvalue weighted by atomic mass is 15.2.